The maximum absolute atomic E-state index is 7.56. The van der Waals surface area contributed by atoms with E-state index in [-0.39, 0.29) is 16.7 Å². The predicted octanol–water partition coefficient (Wildman–Crippen LogP) is 3.32. The highest BCUT2D eigenvalue weighted by Crippen LogP contribution is 2.45. The van der Waals surface area contributed by atoms with Crippen LogP contribution >= 0.6 is 0 Å². The number of nitrogens with one attached hydrogen (secondary N) is 1. The highest BCUT2D eigenvalue weighted by molar-refractivity contribution is 5.95. The van der Waals surface area contributed by atoms with E-state index < -0.39 is 0 Å². The Bertz CT molecular complexity index is 470. The van der Waals surface area contributed by atoms with Gasteiger partial charge in [0.2, 0.25) is 0 Å². The first-order chi connectivity index (χ1) is 7.74. The van der Waals surface area contributed by atoms with E-state index >= 15 is 0 Å². The average molecular weight is 230 g/mol. The number of fused-ring (bicyclic) bond motifs is 1. The Hall–Kier alpha value is -1.31. The van der Waals surface area contributed by atoms with Gasteiger partial charge in [-0.3, -0.25) is 5.41 Å². The monoisotopic (exact) mass is 230 g/mol. The van der Waals surface area contributed by atoms with Gasteiger partial charge in [0.15, 0.2) is 0 Å². The summed E-state index contributed by atoms with van der Waals surface area (Å²) in [4.78, 5) is 0. The van der Waals surface area contributed by atoms with E-state index in [1.807, 2.05) is 6.07 Å². The molecule has 1 aromatic carbocycles. The zero-order valence-corrected chi connectivity index (χ0v) is 11.2. The molecule has 0 fully saturated rings. The largest absolute Gasteiger partial charge is 0.384 e. The molecule has 0 amide bonds. The summed E-state index contributed by atoms with van der Waals surface area (Å²) in [6.45, 7) is 9.17. The molecule has 1 aromatic rings. The molecule has 1 aliphatic rings. The predicted molar refractivity (Wildman–Crippen MR) is 72.7 cm³/mol. The van der Waals surface area contributed by atoms with Crippen LogP contribution in [-0.2, 0) is 10.8 Å². The second-order valence-electron chi connectivity index (χ2n) is 6.44. The van der Waals surface area contributed by atoms with Crippen molar-refractivity contribution >= 4 is 5.84 Å². The van der Waals surface area contributed by atoms with Crippen LogP contribution in [0.2, 0.25) is 0 Å². The molecule has 0 bridgehead atoms. The minimum atomic E-state index is 0.159. The molecule has 2 heteroatoms. The fourth-order valence-electron chi connectivity index (χ4n) is 2.76. The lowest BCUT2D eigenvalue weighted by molar-refractivity contribution is 0.332. The molecule has 92 valence electrons. The van der Waals surface area contributed by atoms with Crippen LogP contribution in [0.4, 0.5) is 0 Å². The molecular weight excluding hydrogens is 208 g/mol. The first-order valence-electron chi connectivity index (χ1n) is 6.23. The van der Waals surface area contributed by atoms with Crippen molar-refractivity contribution in [2.45, 2.75) is 51.4 Å². The van der Waals surface area contributed by atoms with Crippen molar-refractivity contribution in [2.75, 3.05) is 0 Å². The zero-order chi connectivity index (χ0) is 12.8. The molecule has 0 atom stereocenters. The highest BCUT2D eigenvalue weighted by atomic mass is 14.7. The minimum Gasteiger partial charge on any atom is -0.384 e. The van der Waals surface area contributed by atoms with E-state index in [1.165, 1.54) is 24.0 Å². The summed E-state index contributed by atoms with van der Waals surface area (Å²) >= 11 is 0. The second-order valence-corrected chi connectivity index (χ2v) is 6.44. The molecule has 1 aliphatic carbocycles. The van der Waals surface area contributed by atoms with Crippen molar-refractivity contribution in [3.8, 4) is 0 Å². The van der Waals surface area contributed by atoms with Gasteiger partial charge in [0.05, 0.1) is 0 Å². The number of benzene rings is 1. The third-order valence-electron chi connectivity index (χ3n) is 4.16. The third-order valence-corrected chi connectivity index (χ3v) is 4.16. The quantitative estimate of drug-likeness (QED) is 0.564. The maximum Gasteiger partial charge on any atom is 0.122 e. The molecule has 0 saturated carbocycles. The molecule has 0 aliphatic heterocycles. The zero-order valence-electron chi connectivity index (χ0n) is 11.2. The van der Waals surface area contributed by atoms with Gasteiger partial charge in [0.1, 0.15) is 5.84 Å². The Kier molecular flexibility index (Phi) is 2.57. The number of hydrogen-bond donors (Lipinski definition) is 2. The number of nitrogens with two attached hydrogens (primary N) is 1. The van der Waals surface area contributed by atoms with E-state index in [4.69, 9.17) is 11.1 Å². The highest BCUT2D eigenvalue weighted by Gasteiger charge is 2.36. The fraction of sp³-hybridized carbons (Fsp3) is 0.533. The number of hydrogen-bond acceptors (Lipinski definition) is 1. The molecule has 2 rings (SSSR count). The number of amidine groups is 1. The summed E-state index contributed by atoms with van der Waals surface area (Å²) in [6.07, 6.45) is 2.40. The number of nitrogen functional groups attached to an aromatic ring is 1. The van der Waals surface area contributed by atoms with Crippen molar-refractivity contribution in [1.29, 1.82) is 5.41 Å². The standard InChI is InChI=1S/C15H22N2/c1-14(2)7-8-15(3,4)12-9-10(13(16)17)5-6-11(12)14/h5-6,9H,7-8H2,1-4H3,(H3,16,17). The summed E-state index contributed by atoms with van der Waals surface area (Å²) in [5.41, 5.74) is 9.63. The average Bonchev–Trinajstić information content (AvgIpc) is 2.24. The molecule has 0 aromatic heterocycles. The molecule has 17 heavy (non-hydrogen) atoms. The third kappa shape index (κ3) is 1.97. The Balaban J connectivity index is 2.64. The molecule has 3 N–H and O–H groups in total. The summed E-state index contributed by atoms with van der Waals surface area (Å²) in [5, 5.41) is 7.56. The minimum absolute atomic E-state index is 0.159. The smallest absolute Gasteiger partial charge is 0.122 e. The summed E-state index contributed by atoms with van der Waals surface area (Å²) < 4.78 is 0. The van der Waals surface area contributed by atoms with Crippen LogP contribution in [0, 0.1) is 5.41 Å². The Morgan fingerprint density at radius 3 is 2.12 bits per heavy atom. The van der Waals surface area contributed by atoms with Gasteiger partial charge in [0, 0.05) is 5.56 Å². The molecule has 0 unspecified atom stereocenters. The SMILES string of the molecule is CC1(C)CCC(C)(C)c2cc(C(=N)N)ccc21. The lowest BCUT2D eigenvalue weighted by Gasteiger charge is -2.42. The van der Waals surface area contributed by atoms with Gasteiger partial charge < -0.3 is 5.73 Å². The lowest BCUT2D eigenvalue weighted by Crippen LogP contribution is -2.34. The summed E-state index contributed by atoms with van der Waals surface area (Å²) in [7, 11) is 0. The maximum atomic E-state index is 7.56. The van der Waals surface area contributed by atoms with E-state index in [0.29, 0.717) is 0 Å². The van der Waals surface area contributed by atoms with Gasteiger partial charge in [-0.15, -0.1) is 0 Å². The normalized spacial score (nSPS) is 20.7. The summed E-state index contributed by atoms with van der Waals surface area (Å²) in [5.74, 6) is 0.159. The first kappa shape index (κ1) is 12.2. The Morgan fingerprint density at radius 1 is 1.06 bits per heavy atom. The van der Waals surface area contributed by atoms with Gasteiger partial charge >= 0.3 is 0 Å². The topological polar surface area (TPSA) is 49.9 Å². The van der Waals surface area contributed by atoms with E-state index in [2.05, 4.69) is 39.8 Å². The van der Waals surface area contributed by atoms with E-state index in [1.54, 1.807) is 0 Å². The van der Waals surface area contributed by atoms with Crippen molar-refractivity contribution in [3.63, 3.8) is 0 Å². The van der Waals surface area contributed by atoms with Crippen molar-refractivity contribution in [1.82, 2.24) is 0 Å². The van der Waals surface area contributed by atoms with Crippen LogP contribution < -0.4 is 5.73 Å². The van der Waals surface area contributed by atoms with Gasteiger partial charge in [0.25, 0.3) is 0 Å². The van der Waals surface area contributed by atoms with Crippen LogP contribution in [0.25, 0.3) is 0 Å². The molecule has 0 radical (unpaired) electrons. The first-order valence-corrected chi connectivity index (χ1v) is 6.23. The van der Waals surface area contributed by atoms with Crippen LogP contribution in [0.3, 0.4) is 0 Å². The van der Waals surface area contributed by atoms with Crippen molar-refractivity contribution < 1.29 is 0 Å². The molecule has 0 saturated heterocycles. The van der Waals surface area contributed by atoms with Gasteiger partial charge in [-0.2, -0.15) is 0 Å². The molecule has 0 spiro atoms. The molecule has 0 heterocycles. The van der Waals surface area contributed by atoms with E-state index in [0.717, 1.165) is 5.56 Å². The number of rotatable bonds is 1. The molecule has 2 nitrogen and oxygen atoms in total. The van der Waals surface area contributed by atoms with E-state index in [9.17, 15) is 0 Å². The van der Waals surface area contributed by atoms with Crippen LogP contribution in [0.15, 0.2) is 18.2 Å². The second kappa shape index (κ2) is 3.59. The van der Waals surface area contributed by atoms with Gasteiger partial charge in [-0.1, -0.05) is 39.8 Å². The van der Waals surface area contributed by atoms with Crippen LogP contribution in [0.1, 0.15) is 57.2 Å². The van der Waals surface area contributed by atoms with Gasteiger partial charge in [-0.05, 0) is 40.9 Å². The van der Waals surface area contributed by atoms with Crippen molar-refractivity contribution in [3.05, 3.63) is 34.9 Å². The van der Waals surface area contributed by atoms with Crippen molar-refractivity contribution in [2.24, 2.45) is 5.73 Å². The fourth-order valence-corrected chi connectivity index (χ4v) is 2.76. The lowest BCUT2D eigenvalue weighted by atomic mass is 9.63. The molecular formula is C15H22N2. The van der Waals surface area contributed by atoms with Gasteiger partial charge in [-0.25, -0.2) is 0 Å². The van der Waals surface area contributed by atoms with Crippen LogP contribution in [0.5, 0.6) is 0 Å². The Morgan fingerprint density at radius 2 is 1.59 bits per heavy atom. The van der Waals surface area contributed by atoms with Crippen LogP contribution in [-0.4, -0.2) is 5.84 Å². The summed E-state index contributed by atoms with van der Waals surface area (Å²) in [6, 6.07) is 6.25. The Labute approximate surface area is 104 Å².